The van der Waals surface area contributed by atoms with Crippen LogP contribution in [-0.4, -0.2) is 48.1 Å². The minimum Gasteiger partial charge on any atom is -0.508 e. The number of ether oxygens (including phenoxy) is 2. The second-order valence-electron chi connectivity index (χ2n) is 8.33. The summed E-state index contributed by atoms with van der Waals surface area (Å²) in [5, 5.41) is 9.96. The normalized spacial score (nSPS) is 32.2. The van der Waals surface area contributed by atoms with E-state index in [9.17, 15) is 14.7 Å². The summed E-state index contributed by atoms with van der Waals surface area (Å²) in [4.78, 5) is 28.4. The molecule has 0 radical (unpaired) electrons. The van der Waals surface area contributed by atoms with Crippen LogP contribution in [0.2, 0.25) is 0 Å². The number of phenols is 1. The van der Waals surface area contributed by atoms with Crippen molar-refractivity contribution in [2.24, 2.45) is 17.8 Å². The number of ketones is 1. The Morgan fingerprint density at radius 1 is 1.25 bits per heavy atom. The summed E-state index contributed by atoms with van der Waals surface area (Å²) in [7, 11) is 1.58. The number of amides is 1. The van der Waals surface area contributed by atoms with Crippen LogP contribution in [0.15, 0.2) is 35.6 Å². The van der Waals surface area contributed by atoms with Gasteiger partial charge in [0.05, 0.1) is 24.1 Å². The van der Waals surface area contributed by atoms with Crippen LogP contribution in [0.25, 0.3) is 0 Å². The molecule has 6 heteroatoms. The highest BCUT2D eigenvalue weighted by molar-refractivity contribution is 6.11. The van der Waals surface area contributed by atoms with E-state index in [1.165, 1.54) is 0 Å². The lowest BCUT2D eigenvalue weighted by Gasteiger charge is -2.41. The number of hydrogen-bond acceptors (Lipinski definition) is 5. The Morgan fingerprint density at radius 3 is 2.75 bits per heavy atom. The molecular weight excluding hydrogens is 358 g/mol. The van der Waals surface area contributed by atoms with E-state index in [0.29, 0.717) is 30.2 Å². The van der Waals surface area contributed by atoms with Crippen LogP contribution < -0.4 is 0 Å². The first-order valence-electron chi connectivity index (χ1n) is 9.96. The lowest BCUT2D eigenvalue weighted by Crippen LogP contribution is -2.45. The van der Waals surface area contributed by atoms with Crippen LogP contribution in [0.5, 0.6) is 5.75 Å². The van der Waals surface area contributed by atoms with Gasteiger partial charge in [-0.2, -0.15) is 0 Å². The molecule has 1 aromatic rings. The van der Waals surface area contributed by atoms with Gasteiger partial charge in [-0.15, -0.1) is 0 Å². The van der Waals surface area contributed by atoms with Crippen molar-refractivity contribution in [2.45, 2.75) is 38.8 Å². The van der Waals surface area contributed by atoms with Gasteiger partial charge in [-0.1, -0.05) is 26.0 Å². The number of aromatic hydroxyl groups is 1. The molecule has 2 aliphatic heterocycles. The number of Topliss-reactive ketones (excluding diaryl/α,β-unsaturated/α-hetero) is 1. The number of phenolic OH excluding ortho intramolecular Hbond substituents is 1. The second kappa shape index (κ2) is 7.24. The molecule has 1 fully saturated rings. The number of nitrogens with zero attached hydrogens (tertiary/aromatic N) is 1. The fourth-order valence-corrected chi connectivity index (χ4v) is 5.13. The molecule has 1 aromatic carbocycles. The molecule has 0 saturated heterocycles. The highest BCUT2D eigenvalue weighted by Gasteiger charge is 2.53. The van der Waals surface area contributed by atoms with Crippen LogP contribution in [-0.2, 0) is 19.1 Å². The van der Waals surface area contributed by atoms with E-state index in [4.69, 9.17) is 9.47 Å². The molecule has 150 valence electrons. The molecule has 6 nitrogen and oxygen atoms in total. The van der Waals surface area contributed by atoms with Crippen LogP contribution >= 0.6 is 0 Å². The zero-order valence-corrected chi connectivity index (χ0v) is 16.6. The third-order valence-electron chi connectivity index (χ3n) is 6.27. The summed E-state index contributed by atoms with van der Waals surface area (Å²) < 4.78 is 11.4. The number of carbonyl (C=O) groups is 2. The topological polar surface area (TPSA) is 76.1 Å². The summed E-state index contributed by atoms with van der Waals surface area (Å²) in [5.41, 5.74) is 1.15. The SMILES string of the molecule is COCCN1C(=O)C2=C(C(=O)C3C(C)CC(C)CC3O2)C1c1cccc(O)c1. The van der Waals surface area contributed by atoms with E-state index in [1.807, 2.05) is 6.07 Å². The largest absolute Gasteiger partial charge is 0.508 e. The van der Waals surface area contributed by atoms with Gasteiger partial charge in [-0.25, -0.2) is 0 Å². The van der Waals surface area contributed by atoms with Crippen molar-refractivity contribution in [3.05, 3.63) is 41.2 Å². The number of hydrogen-bond donors (Lipinski definition) is 1. The molecule has 1 amide bonds. The van der Waals surface area contributed by atoms with Crippen LogP contribution in [0.1, 0.15) is 38.3 Å². The van der Waals surface area contributed by atoms with Crippen LogP contribution in [0.3, 0.4) is 0 Å². The van der Waals surface area contributed by atoms with E-state index < -0.39 is 6.04 Å². The van der Waals surface area contributed by atoms with Gasteiger partial charge in [0.2, 0.25) is 0 Å². The van der Waals surface area contributed by atoms with Gasteiger partial charge in [0.1, 0.15) is 11.9 Å². The molecule has 4 rings (SSSR count). The highest BCUT2D eigenvalue weighted by Crippen LogP contribution is 2.49. The molecule has 0 aromatic heterocycles. The number of benzene rings is 1. The van der Waals surface area contributed by atoms with E-state index >= 15 is 0 Å². The second-order valence-corrected chi connectivity index (χ2v) is 8.33. The van der Waals surface area contributed by atoms with Crippen LogP contribution in [0.4, 0.5) is 0 Å². The van der Waals surface area contributed by atoms with Gasteiger partial charge < -0.3 is 19.5 Å². The lowest BCUT2D eigenvalue weighted by atomic mass is 9.69. The van der Waals surface area contributed by atoms with Gasteiger partial charge in [0, 0.05) is 13.7 Å². The Kier molecular flexibility index (Phi) is 4.91. The van der Waals surface area contributed by atoms with Crippen molar-refractivity contribution < 1.29 is 24.2 Å². The van der Waals surface area contributed by atoms with Gasteiger partial charge >= 0.3 is 0 Å². The predicted octanol–water partition coefficient (Wildman–Crippen LogP) is 2.83. The molecule has 1 aliphatic carbocycles. The molecule has 1 saturated carbocycles. The Hall–Kier alpha value is -2.34. The molecule has 5 atom stereocenters. The Morgan fingerprint density at radius 2 is 2.04 bits per heavy atom. The quantitative estimate of drug-likeness (QED) is 0.863. The van der Waals surface area contributed by atoms with Crippen molar-refractivity contribution in [3.8, 4) is 5.75 Å². The number of rotatable bonds is 4. The molecule has 2 heterocycles. The van der Waals surface area contributed by atoms with Gasteiger partial charge in [-0.3, -0.25) is 9.59 Å². The average Bonchev–Trinajstić information content (AvgIpc) is 2.92. The van der Waals surface area contributed by atoms with E-state index in [2.05, 4.69) is 13.8 Å². The smallest absolute Gasteiger partial charge is 0.290 e. The fourth-order valence-electron chi connectivity index (χ4n) is 5.13. The number of fused-ring (bicyclic) bond motifs is 1. The summed E-state index contributed by atoms with van der Waals surface area (Å²) in [6, 6.07) is 6.20. The molecule has 0 bridgehead atoms. The molecule has 0 spiro atoms. The van der Waals surface area contributed by atoms with Gasteiger partial charge in [0.25, 0.3) is 5.91 Å². The fraction of sp³-hybridized carbons (Fsp3) is 0.545. The van der Waals surface area contributed by atoms with Gasteiger partial charge in [0.15, 0.2) is 11.5 Å². The van der Waals surface area contributed by atoms with E-state index in [-0.39, 0.29) is 41.1 Å². The average molecular weight is 385 g/mol. The number of carbonyl (C=O) groups excluding carboxylic acids is 2. The first-order chi connectivity index (χ1) is 13.4. The van der Waals surface area contributed by atoms with E-state index in [1.54, 1.807) is 30.2 Å². The van der Waals surface area contributed by atoms with Crippen molar-refractivity contribution in [1.82, 2.24) is 4.90 Å². The monoisotopic (exact) mass is 385 g/mol. The minimum absolute atomic E-state index is 0.0206. The maximum absolute atomic E-state index is 13.6. The zero-order chi connectivity index (χ0) is 20.0. The molecule has 5 unspecified atom stereocenters. The summed E-state index contributed by atoms with van der Waals surface area (Å²) in [6.45, 7) is 4.97. The zero-order valence-electron chi connectivity index (χ0n) is 16.6. The lowest BCUT2D eigenvalue weighted by molar-refractivity contribution is -0.138. The van der Waals surface area contributed by atoms with E-state index in [0.717, 1.165) is 12.8 Å². The molecule has 28 heavy (non-hydrogen) atoms. The Bertz CT molecular complexity index is 832. The number of methoxy groups -OCH3 is 1. The third-order valence-corrected chi connectivity index (χ3v) is 6.27. The third kappa shape index (κ3) is 3.00. The predicted molar refractivity (Wildman–Crippen MR) is 102 cm³/mol. The first kappa shape index (κ1) is 19.0. The Labute approximate surface area is 165 Å². The maximum Gasteiger partial charge on any atom is 0.290 e. The van der Waals surface area contributed by atoms with Crippen molar-refractivity contribution in [3.63, 3.8) is 0 Å². The van der Waals surface area contributed by atoms with Crippen molar-refractivity contribution in [2.75, 3.05) is 20.3 Å². The summed E-state index contributed by atoms with van der Waals surface area (Å²) >= 11 is 0. The molecule has 3 aliphatic rings. The molecule has 1 N–H and O–H groups in total. The van der Waals surface area contributed by atoms with Gasteiger partial charge in [-0.05, 0) is 42.4 Å². The standard InChI is InChI=1S/C22H27NO5/c1-12-9-13(2)17-16(10-12)28-21-18(20(17)25)19(14-5-4-6-15(24)11-14)23(22(21)26)7-8-27-3/h4-6,11-13,16-17,19,24H,7-10H2,1-3H3. The molecular formula is C22H27NO5. The summed E-state index contributed by atoms with van der Waals surface area (Å²) in [5.74, 6) is 0.511. The maximum atomic E-state index is 13.6. The van der Waals surface area contributed by atoms with Crippen molar-refractivity contribution >= 4 is 11.7 Å². The highest BCUT2D eigenvalue weighted by atomic mass is 16.5. The summed E-state index contributed by atoms with van der Waals surface area (Å²) in [6.07, 6.45) is 1.54. The Balaban J connectivity index is 1.78. The first-order valence-corrected chi connectivity index (χ1v) is 9.96. The van der Waals surface area contributed by atoms with Crippen LogP contribution in [0, 0.1) is 17.8 Å². The minimum atomic E-state index is -0.551. The van der Waals surface area contributed by atoms with Crippen molar-refractivity contribution in [1.29, 1.82) is 0 Å².